The van der Waals surface area contributed by atoms with Gasteiger partial charge in [0, 0.05) is 24.8 Å². The Balaban J connectivity index is 1.27. The van der Waals surface area contributed by atoms with Gasteiger partial charge in [0.15, 0.2) is 0 Å². The highest BCUT2D eigenvalue weighted by molar-refractivity contribution is 5.89. The number of likely N-dealkylation sites (tertiary alicyclic amines) is 1. The summed E-state index contributed by atoms with van der Waals surface area (Å²) in [5.74, 6) is 0.559. The van der Waals surface area contributed by atoms with Gasteiger partial charge < -0.3 is 20.1 Å². The van der Waals surface area contributed by atoms with Crippen LogP contribution in [0.4, 0.5) is 20.8 Å². The van der Waals surface area contributed by atoms with Crippen LogP contribution in [0.3, 0.4) is 0 Å². The predicted molar refractivity (Wildman–Crippen MR) is 129 cm³/mol. The standard InChI is InChI=1S/C26H26FN5O/c27-20-12-10-19(11-13-20)18-32-24-9-5-4-8-23(24)30-25(32)28-22-14-16-31(17-15-22)26(33)29-21-6-2-1-3-7-21/h1-13,22H,14-18H2,(H,28,30)(H,29,33). The fraction of sp³-hybridized carbons (Fsp3) is 0.231. The van der Waals surface area contributed by atoms with Crippen LogP contribution in [0.5, 0.6) is 0 Å². The van der Waals surface area contributed by atoms with Crippen molar-refractivity contribution in [2.75, 3.05) is 23.7 Å². The van der Waals surface area contributed by atoms with E-state index in [2.05, 4.69) is 15.2 Å². The molecule has 1 aromatic heterocycles. The van der Waals surface area contributed by atoms with Crippen molar-refractivity contribution in [3.8, 4) is 0 Å². The number of para-hydroxylation sites is 3. The van der Waals surface area contributed by atoms with Crippen molar-refractivity contribution in [2.24, 2.45) is 0 Å². The van der Waals surface area contributed by atoms with Crippen LogP contribution in [0.15, 0.2) is 78.9 Å². The van der Waals surface area contributed by atoms with Crippen molar-refractivity contribution < 1.29 is 9.18 Å². The van der Waals surface area contributed by atoms with Gasteiger partial charge in [-0.1, -0.05) is 42.5 Å². The number of carbonyl (C=O) groups excluding carboxylic acids is 1. The lowest BCUT2D eigenvalue weighted by molar-refractivity contribution is 0.197. The summed E-state index contributed by atoms with van der Waals surface area (Å²) < 4.78 is 15.5. The van der Waals surface area contributed by atoms with Gasteiger partial charge in [-0.05, 0) is 54.8 Å². The van der Waals surface area contributed by atoms with E-state index in [1.165, 1.54) is 12.1 Å². The van der Waals surface area contributed by atoms with Crippen molar-refractivity contribution >= 4 is 28.7 Å². The third kappa shape index (κ3) is 4.82. The van der Waals surface area contributed by atoms with E-state index in [1.54, 1.807) is 12.1 Å². The summed E-state index contributed by atoms with van der Waals surface area (Å²) >= 11 is 0. The second-order valence-electron chi connectivity index (χ2n) is 8.34. The van der Waals surface area contributed by atoms with Gasteiger partial charge in [-0.3, -0.25) is 0 Å². The number of hydrogen-bond acceptors (Lipinski definition) is 3. The number of nitrogens with one attached hydrogen (secondary N) is 2. The molecule has 1 fully saturated rings. The zero-order valence-electron chi connectivity index (χ0n) is 18.2. The van der Waals surface area contributed by atoms with E-state index < -0.39 is 0 Å². The summed E-state index contributed by atoms with van der Waals surface area (Å²) in [5.41, 5.74) is 3.76. The lowest BCUT2D eigenvalue weighted by Crippen LogP contribution is -2.44. The molecule has 6 nitrogen and oxygen atoms in total. The average molecular weight is 444 g/mol. The van der Waals surface area contributed by atoms with Crippen LogP contribution in [0.2, 0.25) is 0 Å². The zero-order chi connectivity index (χ0) is 22.6. The molecule has 1 aliphatic heterocycles. The third-order valence-electron chi connectivity index (χ3n) is 6.05. The second kappa shape index (κ2) is 9.32. The Bertz CT molecular complexity index is 1230. The molecule has 2 heterocycles. The first-order valence-electron chi connectivity index (χ1n) is 11.2. The Morgan fingerprint density at radius 2 is 1.64 bits per heavy atom. The minimum atomic E-state index is -0.240. The average Bonchev–Trinajstić information content (AvgIpc) is 3.18. The molecule has 0 aliphatic carbocycles. The van der Waals surface area contributed by atoms with Crippen molar-refractivity contribution in [2.45, 2.75) is 25.4 Å². The Hall–Kier alpha value is -3.87. The normalized spacial score (nSPS) is 14.4. The highest BCUT2D eigenvalue weighted by Crippen LogP contribution is 2.24. The number of aromatic nitrogens is 2. The van der Waals surface area contributed by atoms with Crippen molar-refractivity contribution in [3.63, 3.8) is 0 Å². The second-order valence-corrected chi connectivity index (χ2v) is 8.34. The summed E-state index contributed by atoms with van der Waals surface area (Å²) in [5, 5.41) is 6.56. The minimum Gasteiger partial charge on any atom is -0.353 e. The Kier molecular flexibility index (Phi) is 5.93. The van der Waals surface area contributed by atoms with Gasteiger partial charge in [0.25, 0.3) is 0 Å². The zero-order valence-corrected chi connectivity index (χ0v) is 18.2. The smallest absolute Gasteiger partial charge is 0.321 e. The number of fused-ring (bicyclic) bond motifs is 1. The van der Waals surface area contributed by atoms with Crippen molar-refractivity contribution in [3.05, 3.63) is 90.2 Å². The molecule has 5 rings (SSSR count). The minimum absolute atomic E-state index is 0.0665. The molecule has 0 radical (unpaired) electrons. The molecule has 4 aromatic rings. The Labute approximate surface area is 192 Å². The molecule has 7 heteroatoms. The number of urea groups is 1. The van der Waals surface area contributed by atoms with Crippen LogP contribution in [0.1, 0.15) is 18.4 Å². The van der Waals surface area contributed by atoms with Crippen LogP contribution in [0, 0.1) is 5.82 Å². The molecule has 3 aromatic carbocycles. The number of rotatable bonds is 5. The van der Waals surface area contributed by atoms with E-state index in [1.807, 2.05) is 59.5 Å². The fourth-order valence-electron chi connectivity index (χ4n) is 4.25. The lowest BCUT2D eigenvalue weighted by Gasteiger charge is -2.32. The molecule has 33 heavy (non-hydrogen) atoms. The molecule has 0 bridgehead atoms. The predicted octanol–water partition coefficient (Wildman–Crippen LogP) is 5.33. The molecule has 2 N–H and O–H groups in total. The van der Waals surface area contributed by atoms with E-state index in [9.17, 15) is 9.18 Å². The molecule has 168 valence electrons. The number of nitrogens with zero attached hydrogens (tertiary/aromatic N) is 3. The number of hydrogen-bond donors (Lipinski definition) is 2. The Morgan fingerprint density at radius 3 is 2.39 bits per heavy atom. The summed E-state index contributed by atoms with van der Waals surface area (Å²) in [4.78, 5) is 19.3. The third-order valence-corrected chi connectivity index (χ3v) is 6.05. The first-order chi connectivity index (χ1) is 16.2. The van der Waals surface area contributed by atoms with Gasteiger partial charge in [-0.25, -0.2) is 14.2 Å². The maximum atomic E-state index is 13.4. The van der Waals surface area contributed by atoms with Crippen molar-refractivity contribution in [1.82, 2.24) is 14.5 Å². The molecule has 0 saturated carbocycles. The van der Waals surface area contributed by atoms with Crippen LogP contribution in [-0.4, -0.2) is 39.6 Å². The number of piperidine rings is 1. The summed E-state index contributed by atoms with van der Waals surface area (Å²) in [6.45, 7) is 1.95. The largest absolute Gasteiger partial charge is 0.353 e. The SMILES string of the molecule is O=C(Nc1ccccc1)N1CCC(Nc2nc3ccccc3n2Cc2ccc(F)cc2)CC1. The van der Waals surface area contributed by atoms with Gasteiger partial charge in [0.2, 0.25) is 5.95 Å². The highest BCUT2D eigenvalue weighted by Gasteiger charge is 2.24. The fourth-order valence-corrected chi connectivity index (χ4v) is 4.25. The molecule has 1 saturated heterocycles. The van der Waals surface area contributed by atoms with Crippen LogP contribution < -0.4 is 10.6 Å². The number of amides is 2. The maximum absolute atomic E-state index is 13.4. The van der Waals surface area contributed by atoms with E-state index in [0.29, 0.717) is 19.6 Å². The number of imidazole rings is 1. The molecule has 1 aliphatic rings. The van der Waals surface area contributed by atoms with Crippen LogP contribution in [-0.2, 0) is 6.54 Å². The number of anilines is 2. The van der Waals surface area contributed by atoms with Gasteiger partial charge in [0.1, 0.15) is 5.82 Å². The number of carbonyl (C=O) groups is 1. The maximum Gasteiger partial charge on any atom is 0.321 e. The number of benzene rings is 3. The van der Waals surface area contributed by atoms with E-state index in [0.717, 1.165) is 41.1 Å². The van der Waals surface area contributed by atoms with Crippen LogP contribution in [0.25, 0.3) is 11.0 Å². The van der Waals surface area contributed by atoms with E-state index in [-0.39, 0.29) is 17.9 Å². The summed E-state index contributed by atoms with van der Waals surface area (Å²) in [6, 6.07) is 24.3. The molecule has 0 spiro atoms. The first kappa shape index (κ1) is 21.0. The topological polar surface area (TPSA) is 62.2 Å². The first-order valence-corrected chi connectivity index (χ1v) is 11.2. The molecular formula is C26H26FN5O. The van der Waals surface area contributed by atoms with Crippen LogP contribution >= 0.6 is 0 Å². The molecule has 0 unspecified atom stereocenters. The summed E-state index contributed by atoms with van der Waals surface area (Å²) in [6.07, 6.45) is 1.67. The van der Waals surface area contributed by atoms with Gasteiger partial charge >= 0.3 is 6.03 Å². The molecular weight excluding hydrogens is 417 g/mol. The van der Waals surface area contributed by atoms with Gasteiger partial charge in [0.05, 0.1) is 17.6 Å². The van der Waals surface area contributed by atoms with Gasteiger partial charge in [-0.2, -0.15) is 0 Å². The quantitative estimate of drug-likeness (QED) is 0.438. The van der Waals surface area contributed by atoms with E-state index in [4.69, 9.17) is 4.98 Å². The monoisotopic (exact) mass is 443 g/mol. The van der Waals surface area contributed by atoms with E-state index >= 15 is 0 Å². The highest BCUT2D eigenvalue weighted by atomic mass is 19.1. The molecule has 2 amide bonds. The van der Waals surface area contributed by atoms with Gasteiger partial charge in [-0.15, -0.1) is 0 Å². The summed E-state index contributed by atoms with van der Waals surface area (Å²) in [7, 11) is 0. The van der Waals surface area contributed by atoms with Crippen molar-refractivity contribution in [1.29, 1.82) is 0 Å². The lowest BCUT2D eigenvalue weighted by atomic mass is 10.1. The molecule has 0 atom stereocenters. The number of halogens is 1. The Morgan fingerprint density at radius 1 is 0.939 bits per heavy atom.